The molecule has 1 heterocycles. The molecule has 0 saturated carbocycles. The second kappa shape index (κ2) is 10.00. The van der Waals surface area contributed by atoms with Gasteiger partial charge in [-0.1, -0.05) is 31.9 Å². The van der Waals surface area contributed by atoms with Crippen molar-refractivity contribution >= 4 is 35.2 Å². The highest BCUT2D eigenvalue weighted by Crippen LogP contribution is 2.27. The highest BCUT2D eigenvalue weighted by Gasteiger charge is 2.43. The fourth-order valence-corrected chi connectivity index (χ4v) is 3.46. The first-order valence-corrected chi connectivity index (χ1v) is 10.4. The van der Waals surface area contributed by atoms with E-state index < -0.39 is 36.3 Å². The van der Waals surface area contributed by atoms with Crippen LogP contribution in [0.25, 0.3) is 0 Å². The van der Waals surface area contributed by atoms with Gasteiger partial charge >= 0.3 is 5.97 Å². The van der Waals surface area contributed by atoms with Gasteiger partial charge in [0.1, 0.15) is 6.04 Å². The number of ketones is 1. The molecular formula is C24H24N2O6. The quantitative estimate of drug-likeness (QED) is 0.367. The molecule has 2 aromatic carbocycles. The van der Waals surface area contributed by atoms with Crippen LogP contribution in [0.5, 0.6) is 0 Å². The third-order valence-electron chi connectivity index (χ3n) is 5.16. The first kappa shape index (κ1) is 22.9. The van der Waals surface area contributed by atoms with Gasteiger partial charge in [-0.15, -0.1) is 0 Å². The zero-order valence-electron chi connectivity index (χ0n) is 17.9. The van der Waals surface area contributed by atoms with Gasteiger partial charge in [-0.25, -0.2) is 4.79 Å². The summed E-state index contributed by atoms with van der Waals surface area (Å²) in [7, 11) is 0. The maximum atomic E-state index is 12.8. The largest absolute Gasteiger partial charge is 0.454 e. The van der Waals surface area contributed by atoms with E-state index in [0.717, 1.165) is 11.3 Å². The number of rotatable bonds is 9. The molecule has 1 aliphatic rings. The molecule has 0 bridgehead atoms. The minimum absolute atomic E-state index is 0.0944. The normalized spacial score (nSPS) is 13.5. The lowest BCUT2D eigenvalue weighted by Gasteiger charge is -2.24. The number of anilines is 1. The van der Waals surface area contributed by atoms with Gasteiger partial charge in [0.2, 0.25) is 0 Å². The highest BCUT2D eigenvalue weighted by molar-refractivity contribution is 6.22. The Kier molecular flexibility index (Phi) is 7.14. The van der Waals surface area contributed by atoms with Gasteiger partial charge < -0.3 is 10.1 Å². The Labute approximate surface area is 185 Å². The number of amides is 3. The fraction of sp³-hybridized carbons (Fsp3) is 0.292. The van der Waals surface area contributed by atoms with Crippen LogP contribution in [-0.4, -0.2) is 47.0 Å². The summed E-state index contributed by atoms with van der Waals surface area (Å²) in [5, 5.41) is 2.57. The molecule has 0 fully saturated rings. The molecule has 32 heavy (non-hydrogen) atoms. The first-order chi connectivity index (χ1) is 15.3. The van der Waals surface area contributed by atoms with Crippen LogP contribution in [-0.2, 0) is 14.3 Å². The number of benzene rings is 2. The van der Waals surface area contributed by atoms with Crippen molar-refractivity contribution in [1.29, 1.82) is 0 Å². The minimum atomic E-state index is -1.11. The van der Waals surface area contributed by atoms with Crippen molar-refractivity contribution in [2.75, 3.05) is 11.9 Å². The van der Waals surface area contributed by atoms with Crippen LogP contribution in [0.1, 0.15) is 64.2 Å². The van der Waals surface area contributed by atoms with E-state index in [2.05, 4.69) is 5.32 Å². The van der Waals surface area contributed by atoms with Gasteiger partial charge in [-0.05, 0) is 49.7 Å². The lowest BCUT2D eigenvalue weighted by Crippen LogP contribution is -2.46. The smallest absolute Gasteiger partial charge is 0.329 e. The zero-order chi connectivity index (χ0) is 23.3. The average Bonchev–Trinajstić information content (AvgIpc) is 3.04. The highest BCUT2D eigenvalue weighted by atomic mass is 16.5. The summed E-state index contributed by atoms with van der Waals surface area (Å²) in [6.45, 7) is 2.80. The third kappa shape index (κ3) is 4.91. The summed E-state index contributed by atoms with van der Waals surface area (Å²) >= 11 is 0. The van der Waals surface area contributed by atoms with Gasteiger partial charge in [-0.2, -0.15) is 0 Å². The van der Waals surface area contributed by atoms with E-state index in [0.29, 0.717) is 17.7 Å². The lowest BCUT2D eigenvalue weighted by molar-refractivity contribution is -0.151. The standard InChI is InChI=1S/C24H24N2O6/c1-3-4-9-20(26-22(29)18-7-5-6-8-19(18)23(26)30)24(31)32-14-21(28)25-17-12-10-16(11-13-17)15(2)27/h5-8,10-13,20H,3-4,9,14H2,1-2H3,(H,25,28)/t20-/m0/s1. The Morgan fingerprint density at radius 1 is 0.969 bits per heavy atom. The molecule has 2 aromatic rings. The maximum Gasteiger partial charge on any atom is 0.329 e. The van der Waals surface area contributed by atoms with Crippen LogP contribution < -0.4 is 5.32 Å². The number of fused-ring (bicyclic) bond motifs is 1. The van der Waals surface area contributed by atoms with Crippen LogP contribution in [0, 0.1) is 0 Å². The van der Waals surface area contributed by atoms with Crippen molar-refractivity contribution in [3.05, 3.63) is 65.2 Å². The Hall–Kier alpha value is -3.81. The van der Waals surface area contributed by atoms with E-state index >= 15 is 0 Å². The van der Waals surface area contributed by atoms with Gasteiger partial charge in [-0.3, -0.25) is 24.1 Å². The summed E-state index contributed by atoms with van der Waals surface area (Å²) in [5.74, 6) is -2.57. The number of carbonyl (C=O) groups is 5. The molecule has 1 atom stereocenters. The molecule has 0 radical (unpaired) electrons. The van der Waals surface area contributed by atoms with Crippen molar-refractivity contribution in [2.45, 2.75) is 39.2 Å². The molecule has 0 aromatic heterocycles. The van der Waals surface area contributed by atoms with E-state index in [9.17, 15) is 24.0 Å². The molecule has 8 heteroatoms. The molecule has 0 unspecified atom stereocenters. The first-order valence-electron chi connectivity index (χ1n) is 10.4. The SMILES string of the molecule is CCCC[C@@H](C(=O)OCC(=O)Nc1ccc(C(C)=O)cc1)N1C(=O)c2ccccc2C1=O. The van der Waals surface area contributed by atoms with Crippen molar-refractivity contribution in [3.63, 3.8) is 0 Å². The number of imide groups is 1. The molecule has 0 spiro atoms. The molecule has 166 valence electrons. The summed E-state index contributed by atoms with van der Waals surface area (Å²) < 4.78 is 5.15. The predicted molar refractivity (Wildman–Crippen MR) is 116 cm³/mol. The molecule has 0 aliphatic carbocycles. The molecule has 3 rings (SSSR count). The minimum Gasteiger partial charge on any atom is -0.454 e. The Morgan fingerprint density at radius 3 is 2.09 bits per heavy atom. The van der Waals surface area contributed by atoms with E-state index in [1.54, 1.807) is 48.5 Å². The Morgan fingerprint density at radius 2 is 1.56 bits per heavy atom. The molecule has 8 nitrogen and oxygen atoms in total. The summed E-state index contributed by atoms with van der Waals surface area (Å²) in [4.78, 5) is 62.8. The number of hydrogen-bond acceptors (Lipinski definition) is 6. The van der Waals surface area contributed by atoms with E-state index in [1.165, 1.54) is 6.92 Å². The fourth-order valence-electron chi connectivity index (χ4n) is 3.46. The number of esters is 1. The topological polar surface area (TPSA) is 110 Å². The molecular weight excluding hydrogens is 412 g/mol. The van der Waals surface area contributed by atoms with E-state index in [1.807, 2.05) is 6.92 Å². The van der Waals surface area contributed by atoms with Gasteiger partial charge in [0.05, 0.1) is 11.1 Å². The van der Waals surface area contributed by atoms with Crippen LogP contribution in [0.15, 0.2) is 48.5 Å². The number of nitrogens with zero attached hydrogens (tertiary/aromatic N) is 1. The second-order valence-electron chi connectivity index (χ2n) is 7.47. The Balaban J connectivity index is 1.65. The molecule has 1 N–H and O–H groups in total. The number of ether oxygens (including phenoxy) is 1. The number of unbranched alkanes of at least 4 members (excludes halogenated alkanes) is 1. The molecule has 3 amide bonds. The summed E-state index contributed by atoms with van der Waals surface area (Å²) in [5.41, 5.74) is 1.45. The van der Waals surface area contributed by atoms with Crippen molar-refractivity contribution < 1.29 is 28.7 Å². The average molecular weight is 436 g/mol. The van der Waals surface area contributed by atoms with Crippen molar-refractivity contribution in [3.8, 4) is 0 Å². The van der Waals surface area contributed by atoms with Crippen LogP contribution >= 0.6 is 0 Å². The second-order valence-corrected chi connectivity index (χ2v) is 7.47. The van der Waals surface area contributed by atoms with Crippen LogP contribution in [0.3, 0.4) is 0 Å². The molecule has 0 saturated heterocycles. The summed E-state index contributed by atoms with van der Waals surface area (Å²) in [6, 6.07) is 11.6. The zero-order valence-corrected chi connectivity index (χ0v) is 17.9. The maximum absolute atomic E-state index is 12.8. The van der Waals surface area contributed by atoms with Gasteiger partial charge in [0, 0.05) is 11.3 Å². The van der Waals surface area contributed by atoms with Gasteiger partial charge in [0.15, 0.2) is 12.4 Å². The third-order valence-corrected chi connectivity index (χ3v) is 5.16. The summed E-state index contributed by atoms with van der Waals surface area (Å²) in [6.07, 6.45) is 1.60. The van der Waals surface area contributed by atoms with Gasteiger partial charge in [0.25, 0.3) is 17.7 Å². The predicted octanol–water partition coefficient (Wildman–Crippen LogP) is 3.23. The molecule has 1 aliphatic heterocycles. The van der Waals surface area contributed by atoms with Crippen LogP contribution in [0.2, 0.25) is 0 Å². The lowest BCUT2D eigenvalue weighted by atomic mass is 10.1. The monoisotopic (exact) mass is 436 g/mol. The van der Waals surface area contributed by atoms with Crippen molar-refractivity contribution in [1.82, 2.24) is 4.90 Å². The number of Topliss-reactive ketones (excluding diaryl/α,β-unsaturated/α-hetero) is 1. The van der Waals surface area contributed by atoms with E-state index in [-0.39, 0.29) is 23.3 Å². The number of carbonyl (C=O) groups excluding carboxylic acids is 5. The van der Waals surface area contributed by atoms with Crippen molar-refractivity contribution in [2.24, 2.45) is 0 Å². The van der Waals surface area contributed by atoms with Crippen LogP contribution in [0.4, 0.5) is 5.69 Å². The van der Waals surface area contributed by atoms with E-state index in [4.69, 9.17) is 4.74 Å². The number of hydrogen-bond donors (Lipinski definition) is 1. The Bertz CT molecular complexity index is 1030. The number of nitrogens with one attached hydrogen (secondary N) is 1.